The van der Waals surface area contributed by atoms with Crippen LogP contribution in [0.2, 0.25) is 0 Å². The minimum absolute atomic E-state index is 0.0227. The number of fused-ring (bicyclic) bond motifs is 1. The number of carbonyl (C=O) groups excluding carboxylic acids is 1. The van der Waals surface area contributed by atoms with Crippen LogP contribution in [0.4, 0.5) is 0 Å². The van der Waals surface area contributed by atoms with Gasteiger partial charge in [0.2, 0.25) is 5.88 Å². The number of hydrogen-bond donors (Lipinski definition) is 1. The van der Waals surface area contributed by atoms with Crippen molar-refractivity contribution in [3.63, 3.8) is 0 Å². The van der Waals surface area contributed by atoms with Crippen LogP contribution in [-0.4, -0.2) is 29.6 Å². The van der Waals surface area contributed by atoms with Gasteiger partial charge in [0.15, 0.2) is 5.78 Å². The maximum Gasteiger partial charge on any atom is 0.212 e. The van der Waals surface area contributed by atoms with E-state index in [0.717, 1.165) is 38.7 Å². The van der Waals surface area contributed by atoms with Gasteiger partial charge in [0, 0.05) is 35.3 Å². The molecule has 5 heteroatoms. The SMILES string of the molecule is COc1ccc(/C=C/C2=C(C(=O)CCCO)c3ccc(Br)cc3C2)cn1. The van der Waals surface area contributed by atoms with Crippen LogP contribution in [0.3, 0.4) is 0 Å². The molecular weight excluding hydrogens is 394 g/mol. The van der Waals surface area contributed by atoms with Crippen molar-refractivity contribution >= 4 is 33.4 Å². The molecule has 0 amide bonds. The Kier molecular flexibility index (Phi) is 6.01. The molecule has 0 unspecified atom stereocenters. The van der Waals surface area contributed by atoms with E-state index in [4.69, 9.17) is 9.84 Å². The first-order valence-corrected chi connectivity index (χ1v) is 9.26. The summed E-state index contributed by atoms with van der Waals surface area (Å²) in [7, 11) is 1.58. The van der Waals surface area contributed by atoms with Crippen LogP contribution in [0.1, 0.15) is 29.5 Å². The Morgan fingerprint density at radius 3 is 2.85 bits per heavy atom. The molecule has 0 radical (unpaired) electrons. The zero-order valence-electron chi connectivity index (χ0n) is 14.5. The summed E-state index contributed by atoms with van der Waals surface area (Å²) in [5.41, 5.74) is 4.83. The fourth-order valence-electron chi connectivity index (χ4n) is 3.06. The molecule has 1 N–H and O–H groups in total. The molecule has 4 nitrogen and oxygen atoms in total. The highest BCUT2D eigenvalue weighted by atomic mass is 79.9. The Balaban J connectivity index is 1.92. The average Bonchev–Trinajstić information content (AvgIpc) is 3.02. The molecule has 2 aromatic rings. The van der Waals surface area contributed by atoms with Crippen molar-refractivity contribution in [3.8, 4) is 5.88 Å². The van der Waals surface area contributed by atoms with Gasteiger partial charge in [-0.2, -0.15) is 0 Å². The van der Waals surface area contributed by atoms with E-state index < -0.39 is 0 Å². The molecule has 0 aliphatic heterocycles. The molecule has 0 saturated carbocycles. The lowest BCUT2D eigenvalue weighted by molar-refractivity contribution is -0.114. The number of ketones is 1. The third-order valence-corrected chi connectivity index (χ3v) is 4.82. The summed E-state index contributed by atoms with van der Waals surface area (Å²) in [5.74, 6) is 0.645. The number of halogens is 1. The smallest absolute Gasteiger partial charge is 0.212 e. The summed E-state index contributed by atoms with van der Waals surface area (Å²) < 4.78 is 6.08. The maximum atomic E-state index is 12.7. The normalized spacial score (nSPS) is 13.3. The Bertz CT molecular complexity index is 869. The second-order valence-corrected chi connectivity index (χ2v) is 7.01. The standard InChI is InChI=1S/C21H20BrNO3/c1-26-20-9-5-14(13-23-20)4-6-15-11-16-12-17(22)7-8-18(16)21(15)19(25)3-2-10-24/h4-9,12-13,24H,2-3,10-11H2,1H3/b6-4+. The third kappa shape index (κ3) is 4.11. The second-order valence-electron chi connectivity index (χ2n) is 6.10. The molecule has 0 atom stereocenters. The number of aliphatic hydroxyl groups excluding tert-OH is 1. The number of allylic oxidation sites excluding steroid dienone is 3. The maximum absolute atomic E-state index is 12.7. The number of rotatable bonds is 7. The minimum atomic E-state index is 0.0227. The van der Waals surface area contributed by atoms with E-state index in [-0.39, 0.29) is 12.4 Å². The summed E-state index contributed by atoms with van der Waals surface area (Å²) in [6.07, 6.45) is 7.23. The van der Waals surface area contributed by atoms with Gasteiger partial charge in [0.05, 0.1) is 7.11 Å². The summed E-state index contributed by atoms with van der Waals surface area (Å²) in [6, 6.07) is 9.74. The molecule has 3 rings (SSSR count). The first-order valence-electron chi connectivity index (χ1n) is 8.46. The lowest BCUT2D eigenvalue weighted by Gasteiger charge is -2.06. The van der Waals surface area contributed by atoms with E-state index in [1.807, 2.05) is 36.4 Å². The molecule has 26 heavy (non-hydrogen) atoms. The number of pyridine rings is 1. The van der Waals surface area contributed by atoms with Crippen LogP contribution in [0, 0.1) is 0 Å². The monoisotopic (exact) mass is 413 g/mol. The van der Waals surface area contributed by atoms with Gasteiger partial charge in [0.25, 0.3) is 0 Å². The molecule has 0 spiro atoms. The number of ether oxygens (including phenoxy) is 1. The van der Waals surface area contributed by atoms with Crippen molar-refractivity contribution < 1.29 is 14.6 Å². The fraction of sp³-hybridized carbons (Fsp3) is 0.238. The number of aromatic nitrogens is 1. The number of benzene rings is 1. The van der Waals surface area contributed by atoms with Crippen LogP contribution in [-0.2, 0) is 11.2 Å². The molecule has 0 bridgehead atoms. The van der Waals surface area contributed by atoms with E-state index in [2.05, 4.69) is 27.0 Å². The van der Waals surface area contributed by atoms with E-state index in [1.54, 1.807) is 13.3 Å². The summed E-state index contributed by atoms with van der Waals surface area (Å²) in [4.78, 5) is 16.9. The zero-order valence-corrected chi connectivity index (χ0v) is 16.1. The quantitative estimate of drug-likeness (QED) is 0.737. The van der Waals surface area contributed by atoms with Gasteiger partial charge >= 0.3 is 0 Å². The predicted molar refractivity (Wildman–Crippen MR) is 106 cm³/mol. The topological polar surface area (TPSA) is 59.4 Å². The van der Waals surface area contributed by atoms with Gasteiger partial charge in [-0.3, -0.25) is 4.79 Å². The highest BCUT2D eigenvalue weighted by Crippen LogP contribution is 2.36. The van der Waals surface area contributed by atoms with Crippen molar-refractivity contribution in [1.29, 1.82) is 0 Å². The number of aliphatic hydroxyl groups is 1. The van der Waals surface area contributed by atoms with Gasteiger partial charge in [-0.25, -0.2) is 4.98 Å². The van der Waals surface area contributed by atoms with Gasteiger partial charge in [-0.15, -0.1) is 0 Å². The molecule has 1 heterocycles. The van der Waals surface area contributed by atoms with E-state index in [0.29, 0.717) is 18.7 Å². The van der Waals surface area contributed by atoms with Crippen LogP contribution in [0.25, 0.3) is 11.6 Å². The number of hydrogen-bond acceptors (Lipinski definition) is 4. The minimum Gasteiger partial charge on any atom is -0.481 e. The van der Waals surface area contributed by atoms with Crippen LogP contribution in [0.5, 0.6) is 5.88 Å². The summed E-state index contributed by atoms with van der Waals surface area (Å²) in [5, 5.41) is 9.04. The lowest BCUT2D eigenvalue weighted by Crippen LogP contribution is -2.03. The van der Waals surface area contributed by atoms with Crippen molar-refractivity contribution in [2.75, 3.05) is 13.7 Å². The molecule has 1 aliphatic rings. The summed E-state index contributed by atoms with van der Waals surface area (Å²) in [6.45, 7) is 0.0227. The highest BCUT2D eigenvalue weighted by molar-refractivity contribution is 9.10. The molecule has 134 valence electrons. The van der Waals surface area contributed by atoms with E-state index in [1.165, 1.54) is 0 Å². The number of Topliss-reactive ketones (excluding diaryl/α,β-unsaturated/α-hetero) is 1. The largest absolute Gasteiger partial charge is 0.481 e. The Morgan fingerprint density at radius 2 is 2.15 bits per heavy atom. The predicted octanol–water partition coefficient (Wildman–Crippen LogP) is 4.22. The summed E-state index contributed by atoms with van der Waals surface area (Å²) >= 11 is 3.50. The lowest BCUT2D eigenvalue weighted by atomic mass is 9.98. The van der Waals surface area contributed by atoms with Crippen molar-refractivity contribution in [2.24, 2.45) is 0 Å². The second kappa shape index (κ2) is 8.43. The highest BCUT2D eigenvalue weighted by Gasteiger charge is 2.25. The van der Waals surface area contributed by atoms with Gasteiger partial charge in [-0.05, 0) is 53.3 Å². The van der Waals surface area contributed by atoms with Crippen LogP contribution >= 0.6 is 15.9 Å². The Hall–Kier alpha value is -2.24. The average molecular weight is 414 g/mol. The third-order valence-electron chi connectivity index (χ3n) is 4.32. The molecule has 1 aromatic heterocycles. The van der Waals surface area contributed by atoms with Crippen molar-refractivity contribution in [2.45, 2.75) is 19.3 Å². The van der Waals surface area contributed by atoms with Crippen LogP contribution in [0.15, 0.2) is 52.7 Å². The van der Waals surface area contributed by atoms with Crippen molar-refractivity contribution in [1.82, 2.24) is 4.98 Å². The number of carbonyl (C=O) groups is 1. The molecule has 1 aliphatic carbocycles. The number of methoxy groups -OCH3 is 1. The van der Waals surface area contributed by atoms with Crippen molar-refractivity contribution in [3.05, 3.63) is 69.3 Å². The van der Waals surface area contributed by atoms with Crippen LogP contribution < -0.4 is 4.74 Å². The number of nitrogens with zero attached hydrogens (tertiary/aromatic N) is 1. The Morgan fingerprint density at radius 1 is 1.31 bits per heavy atom. The Labute approximate surface area is 161 Å². The molecular formula is C21H20BrNO3. The van der Waals surface area contributed by atoms with E-state index in [9.17, 15) is 4.79 Å². The molecule has 0 fully saturated rings. The molecule has 0 saturated heterocycles. The van der Waals surface area contributed by atoms with Gasteiger partial charge in [0.1, 0.15) is 0 Å². The first-order chi connectivity index (χ1) is 12.6. The fourth-order valence-corrected chi connectivity index (χ4v) is 3.47. The van der Waals surface area contributed by atoms with Gasteiger partial charge < -0.3 is 9.84 Å². The zero-order chi connectivity index (χ0) is 18.5. The first kappa shape index (κ1) is 18.5. The van der Waals surface area contributed by atoms with Gasteiger partial charge in [-0.1, -0.05) is 34.1 Å². The van der Waals surface area contributed by atoms with E-state index >= 15 is 0 Å². The molecule has 1 aromatic carbocycles.